The summed E-state index contributed by atoms with van der Waals surface area (Å²) < 4.78 is 2.25. The molecule has 4 heteroatoms. The fraction of sp³-hybridized carbons (Fsp3) is 0.333. The monoisotopic (exact) mass is 401 g/mol. The summed E-state index contributed by atoms with van der Waals surface area (Å²) in [5.74, 6) is 0. The van der Waals surface area contributed by atoms with Crippen LogP contribution < -0.4 is 5.32 Å². The lowest BCUT2D eigenvalue weighted by Gasteiger charge is -2.17. The Morgan fingerprint density at radius 3 is 2.47 bits per heavy atom. The molecular weight excluding hydrogens is 386 g/mol. The van der Waals surface area contributed by atoms with Crippen molar-refractivity contribution in [3.05, 3.63) is 54.6 Å². The van der Waals surface area contributed by atoms with Gasteiger partial charge in [0.05, 0.1) is 0 Å². The van der Waals surface area contributed by atoms with Crippen LogP contribution in [0.4, 0.5) is 0 Å². The third-order valence-electron chi connectivity index (χ3n) is 3.16. The summed E-state index contributed by atoms with van der Waals surface area (Å²) in [5, 5.41) is 3.42. The van der Waals surface area contributed by atoms with E-state index in [0.29, 0.717) is 6.04 Å². The molecule has 1 aromatic heterocycles. The molecule has 102 valence electrons. The van der Waals surface area contributed by atoms with E-state index in [1.54, 1.807) is 0 Å². The first-order valence-corrected chi connectivity index (χ1v) is 8.74. The zero-order valence-corrected chi connectivity index (χ0v) is 15.0. The zero-order valence-electron chi connectivity index (χ0n) is 11.0. The first-order valence-electron chi connectivity index (χ1n) is 6.33. The van der Waals surface area contributed by atoms with Crippen LogP contribution in [0.3, 0.4) is 0 Å². The maximum atomic E-state index is 3.65. The van der Waals surface area contributed by atoms with Crippen molar-refractivity contribution in [2.24, 2.45) is 0 Å². The molecule has 0 aliphatic carbocycles. The Kier molecular flexibility index (Phi) is 5.63. The molecule has 1 unspecified atom stereocenters. The molecule has 1 heterocycles. The van der Waals surface area contributed by atoms with Gasteiger partial charge in [-0.05, 0) is 43.3 Å². The highest BCUT2D eigenvalue weighted by atomic mass is 79.9. The first kappa shape index (κ1) is 15.2. The van der Waals surface area contributed by atoms with Crippen molar-refractivity contribution >= 4 is 43.2 Å². The lowest BCUT2D eigenvalue weighted by molar-refractivity contribution is 0.594. The van der Waals surface area contributed by atoms with Crippen LogP contribution in [0.2, 0.25) is 0 Å². The third-order valence-corrected chi connectivity index (χ3v) is 5.59. The van der Waals surface area contributed by atoms with Gasteiger partial charge in [0.25, 0.3) is 0 Å². The average Bonchev–Trinajstić information content (AvgIpc) is 2.84. The summed E-state index contributed by atoms with van der Waals surface area (Å²) in [6.45, 7) is 2.20. The van der Waals surface area contributed by atoms with Crippen LogP contribution in [-0.4, -0.2) is 7.05 Å². The predicted octanol–water partition coefficient (Wildman–Crippen LogP) is 5.34. The minimum Gasteiger partial charge on any atom is -0.313 e. The van der Waals surface area contributed by atoms with Gasteiger partial charge in [0.1, 0.15) is 0 Å². The van der Waals surface area contributed by atoms with Gasteiger partial charge in [-0.2, -0.15) is 0 Å². The second-order valence-electron chi connectivity index (χ2n) is 4.43. The molecule has 0 spiro atoms. The van der Waals surface area contributed by atoms with Crippen LogP contribution in [-0.2, 0) is 12.8 Å². The molecule has 2 rings (SSSR count). The van der Waals surface area contributed by atoms with Gasteiger partial charge in [0.2, 0.25) is 0 Å². The highest BCUT2D eigenvalue weighted by Gasteiger charge is 2.14. The molecule has 19 heavy (non-hydrogen) atoms. The van der Waals surface area contributed by atoms with Gasteiger partial charge in [-0.25, -0.2) is 0 Å². The van der Waals surface area contributed by atoms with E-state index >= 15 is 0 Å². The van der Waals surface area contributed by atoms with Crippen LogP contribution in [0, 0.1) is 0 Å². The Balaban J connectivity index is 2.19. The number of aryl methyl sites for hydroxylation is 1. The minimum absolute atomic E-state index is 0.339. The molecule has 0 aliphatic rings. The summed E-state index contributed by atoms with van der Waals surface area (Å²) in [4.78, 5) is 2.89. The largest absolute Gasteiger partial charge is 0.313 e. The van der Waals surface area contributed by atoms with Gasteiger partial charge in [-0.15, -0.1) is 11.3 Å². The molecule has 2 aromatic rings. The maximum Gasteiger partial charge on any atom is 0.0377 e. The Hall–Kier alpha value is -0.160. The quantitative estimate of drug-likeness (QED) is 0.711. The lowest BCUT2D eigenvalue weighted by Crippen LogP contribution is -2.18. The van der Waals surface area contributed by atoms with Crippen molar-refractivity contribution in [3.8, 4) is 0 Å². The Labute approximate surface area is 135 Å². The smallest absolute Gasteiger partial charge is 0.0377 e. The number of likely N-dealkylation sites (N-methyl/N-ethyl adjacent to an activating group) is 1. The summed E-state index contributed by atoms with van der Waals surface area (Å²) >= 11 is 9.07. The van der Waals surface area contributed by atoms with Crippen molar-refractivity contribution in [1.29, 1.82) is 0 Å². The molecular formula is C15H17Br2NS. The number of benzene rings is 1. The van der Waals surface area contributed by atoms with Crippen LogP contribution in [0.15, 0.2) is 39.3 Å². The van der Waals surface area contributed by atoms with E-state index in [1.807, 2.05) is 18.4 Å². The van der Waals surface area contributed by atoms with Crippen LogP contribution in [0.1, 0.15) is 28.3 Å². The molecule has 1 nitrogen and oxygen atoms in total. The predicted molar refractivity (Wildman–Crippen MR) is 91.0 cm³/mol. The van der Waals surface area contributed by atoms with Crippen LogP contribution >= 0.6 is 43.2 Å². The van der Waals surface area contributed by atoms with Gasteiger partial charge in [-0.3, -0.25) is 0 Å². The molecule has 0 aliphatic heterocycles. The van der Waals surface area contributed by atoms with Crippen molar-refractivity contribution in [2.45, 2.75) is 25.8 Å². The normalized spacial score (nSPS) is 12.6. The molecule has 0 saturated heterocycles. The lowest BCUT2D eigenvalue weighted by atomic mass is 10.0. The van der Waals surface area contributed by atoms with E-state index in [2.05, 4.69) is 74.4 Å². The molecule has 0 amide bonds. The highest BCUT2D eigenvalue weighted by Crippen LogP contribution is 2.30. The molecule has 1 N–H and O–H groups in total. The summed E-state index contributed by atoms with van der Waals surface area (Å²) in [7, 11) is 2.02. The standard InChI is InChI=1S/C15H17Br2NS/c1-3-11-5-6-12(19-11)9-15(18-2)13-7-4-10(16)8-14(13)17/h4-8,15,18H,3,9H2,1-2H3. The van der Waals surface area contributed by atoms with E-state index in [9.17, 15) is 0 Å². The van der Waals surface area contributed by atoms with Gasteiger partial charge in [0.15, 0.2) is 0 Å². The van der Waals surface area contributed by atoms with Gasteiger partial charge >= 0.3 is 0 Å². The first-order chi connectivity index (χ1) is 9.13. The fourth-order valence-electron chi connectivity index (χ4n) is 2.07. The molecule has 0 saturated carbocycles. The summed E-state index contributed by atoms with van der Waals surface area (Å²) in [6.07, 6.45) is 2.15. The van der Waals surface area contributed by atoms with Gasteiger partial charge in [0, 0.05) is 31.2 Å². The number of halogens is 2. The SMILES string of the molecule is CCc1ccc(CC(NC)c2ccc(Br)cc2Br)s1. The van der Waals surface area contributed by atoms with Gasteiger partial charge < -0.3 is 5.32 Å². The van der Waals surface area contributed by atoms with Crippen molar-refractivity contribution in [1.82, 2.24) is 5.32 Å². The van der Waals surface area contributed by atoms with Crippen LogP contribution in [0.5, 0.6) is 0 Å². The number of nitrogens with one attached hydrogen (secondary N) is 1. The van der Waals surface area contributed by atoms with E-state index in [4.69, 9.17) is 0 Å². The van der Waals surface area contributed by atoms with Crippen LogP contribution in [0.25, 0.3) is 0 Å². The second-order valence-corrected chi connectivity index (χ2v) is 7.46. The third kappa shape index (κ3) is 3.91. The zero-order chi connectivity index (χ0) is 13.8. The Morgan fingerprint density at radius 2 is 1.89 bits per heavy atom. The number of hydrogen-bond acceptors (Lipinski definition) is 2. The molecule has 1 atom stereocenters. The number of thiophene rings is 1. The van der Waals surface area contributed by atoms with E-state index in [-0.39, 0.29) is 0 Å². The Bertz CT molecular complexity index is 551. The summed E-state index contributed by atoms with van der Waals surface area (Å²) in [5.41, 5.74) is 1.30. The van der Waals surface area contributed by atoms with Gasteiger partial charge in [-0.1, -0.05) is 44.8 Å². The Morgan fingerprint density at radius 1 is 1.16 bits per heavy atom. The molecule has 0 bridgehead atoms. The molecule has 1 aromatic carbocycles. The highest BCUT2D eigenvalue weighted by molar-refractivity contribution is 9.11. The second kappa shape index (κ2) is 7.02. The minimum atomic E-state index is 0.339. The fourth-order valence-corrected chi connectivity index (χ4v) is 4.40. The topological polar surface area (TPSA) is 12.0 Å². The maximum absolute atomic E-state index is 3.65. The average molecular weight is 403 g/mol. The number of rotatable bonds is 5. The van der Waals surface area contributed by atoms with E-state index < -0.39 is 0 Å². The molecule has 0 radical (unpaired) electrons. The number of hydrogen-bond donors (Lipinski definition) is 1. The molecule has 0 fully saturated rings. The van der Waals surface area contributed by atoms with Crippen molar-refractivity contribution in [3.63, 3.8) is 0 Å². The summed E-state index contributed by atoms with van der Waals surface area (Å²) in [6, 6.07) is 11.2. The van der Waals surface area contributed by atoms with E-state index in [1.165, 1.54) is 15.3 Å². The van der Waals surface area contributed by atoms with Crippen molar-refractivity contribution < 1.29 is 0 Å². The van der Waals surface area contributed by atoms with Crippen molar-refractivity contribution in [2.75, 3.05) is 7.05 Å². The van der Waals surface area contributed by atoms with E-state index in [0.717, 1.165) is 21.8 Å².